The zero-order chi connectivity index (χ0) is 21.8. The van der Waals surface area contributed by atoms with Gasteiger partial charge in [0.1, 0.15) is 11.5 Å². The van der Waals surface area contributed by atoms with Crippen LogP contribution in [0.4, 0.5) is 5.69 Å². The van der Waals surface area contributed by atoms with E-state index in [1.165, 1.54) is 16.7 Å². The summed E-state index contributed by atoms with van der Waals surface area (Å²) in [5.41, 5.74) is 1.56. The van der Waals surface area contributed by atoms with E-state index >= 15 is 0 Å². The number of rotatable bonds is 7. The number of ether oxygens (including phenoxy) is 2. The minimum Gasteiger partial charge on any atom is -0.497 e. The van der Waals surface area contributed by atoms with Gasteiger partial charge < -0.3 is 9.47 Å². The van der Waals surface area contributed by atoms with Crippen LogP contribution in [0.3, 0.4) is 0 Å². The first-order valence-corrected chi connectivity index (χ1v) is 10.7. The van der Waals surface area contributed by atoms with Crippen LogP contribution >= 0.6 is 11.8 Å². The summed E-state index contributed by atoms with van der Waals surface area (Å²) in [5.74, 6) is 0.681. The second-order valence-electron chi connectivity index (χ2n) is 6.72. The number of thioether (sulfide) groups is 1. The molecular weight excluding hydrogens is 410 g/mol. The maximum Gasteiger partial charge on any atom is 0.272 e. The smallest absolute Gasteiger partial charge is 0.272 e. The number of hydrogen-bond acceptors (Lipinski definition) is 5. The van der Waals surface area contributed by atoms with Crippen LogP contribution in [0.2, 0.25) is 0 Å². The highest BCUT2D eigenvalue weighted by atomic mass is 32.2. The summed E-state index contributed by atoms with van der Waals surface area (Å²) in [5, 5.41) is 0. The Morgan fingerprint density at radius 2 is 1.45 bits per heavy atom. The SMILES string of the molecule is CCOc1ccc(N2C(=O)C(Sc3ccccc3)=C(c3ccc(OC)cc3)C2=O)cc1. The van der Waals surface area contributed by atoms with Crippen LogP contribution in [0.1, 0.15) is 12.5 Å². The summed E-state index contributed by atoms with van der Waals surface area (Å²) >= 11 is 1.30. The molecule has 156 valence electrons. The monoisotopic (exact) mass is 431 g/mol. The molecule has 3 aromatic carbocycles. The van der Waals surface area contributed by atoms with Crippen LogP contribution in [0.5, 0.6) is 11.5 Å². The van der Waals surface area contributed by atoms with Gasteiger partial charge in [-0.15, -0.1) is 0 Å². The first-order chi connectivity index (χ1) is 15.1. The number of imide groups is 1. The van der Waals surface area contributed by atoms with Crippen molar-refractivity contribution < 1.29 is 19.1 Å². The Kier molecular flexibility index (Phi) is 6.09. The largest absolute Gasteiger partial charge is 0.497 e. The van der Waals surface area contributed by atoms with Crippen molar-refractivity contribution >= 4 is 34.8 Å². The van der Waals surface area contributed by atoms with Crippen LogP contribution in [0, 0.1) is 0 Å². The lowest BCUT2D eigenvalue weighted by atomic mass is 10.1. The van der Waals surface area contributed by atoms with Gasteiger partial charge in [-0.1, -0.05) is 42.1 Å². The lowest BCUT2D eigenvalue weighted by molar-refractivity contribution is -0.119. The molecule has 31 heavy (non-hydrogen) atoms. The van der Waals surface area contributed by atoms with Crippen molar-refractivity contribution in [3.05, 3.63) is 89.3 Å². The van der Waals surface area contributed by atoms with E-state index in [4.69, 9.17) is 9.47 Å². The van der Waals surface area contributed by atoms with Gasteiger partial charge in [-0.25, -0.2) is 4.90 Å². The second-order valence-corrected chi connectivity index (χ2v) is 7.80. The summed E-state index contributed by atoms with van der Waals surface area (Å²) in [6.45, 7) is 2.45. The molecule has 0 spiro atoms. The molecule has 0 N–H and O–H groups in total. The third-order valence-electron chi connectivity index (χ3n) is 4.79. The van der Waals surface area contributed by atoms with E-state index < -0.39 is 0 Å². The molecule has 0 radical (unpaired) electrons. The van der Waals surface area contributed by atoms with E-state index in [-0.39, 0.29) is 11.8 Å². The van der Waals surface area contributed by atoms with Crippen LogP contribution in [-0.2, 0) is 9.59 Å². The molecule has 4 rings (SSSR count). The average Bonchev–Trinajstić information content (AvgIpc) is 3.05. The maximum atomic E-state index is 13.5. The van der Waals surface area contributed by atoms with E-state index in [0.29, 0.717) is 39.8 Å². The van der Waals surface area contributed by atoms with Crippen molar-refractivity contribution in [1.29, 1.82) is 0 Å². The topological polar surface area (TPSA) is 55.8 Å². The molecule has 1 aliphatic rings. The fourth-order valence-corrected chi connectivity index (χ4v) is 4.33. The summed E-state index contributed by atoms with van der Waals surface area (Å²) in [6.07, 6.45) is 0. The van der Waals surface area contributed by atoms with Crippen molar-refractivity contribution in [2.24, 2.45) is 0 Å². The Morgan fingerprint density at radius 1 is 0.806 bits per heavy atom. The van der Waals surface area contributed by atoms with Crippen LogP contribution < -0.4 is 14.4 Å². The Bertz CT molecular complexity index is 1120. The lowest BCUT2D eigenvalue weighted by Crippen LogP contribution is -2.31. The van der Waals surface area contributed by atoms with Crippen molar-refractivity contribution in [2.45, 2.75) is 11.8 Å². The number of methoxy groups -OCH3 is 1. The van der Waals surface area contributed by atoms with Gasteiger partial charge >= 0.3 is 0 Å². The molecule has 0 bridgehead atoms. The van der Waals surface area contributed by atoms with E-state index in [9.17, 15) is 9.59 Å². The lowest BCUT2D eigenvalue weighted by Gasteiger charge is -2.16. The van der Waals surface area contributed by atoms with E-state index in [1.807, 2.05) is 37.3 Å². The number of anilines is 1. The molecule has 2 amide bonds. The summed E-state index contributed by atoms with van der Waals surface area (Å²) in [7, 11) is 1.59. The highest BCUT2D eigenvalue weighted by Gasteiger charge is 2.40. The normalized spacial score (nSPS) is 13.7. The highest BCUT2D eigenvalue weighted by molar-refractivity contribution is 8.04. The number of carbonyl (C=O) groups is 2. The quantitative estimate of drug-likeness (QED) is 0.483. The van der Waals surface area contributed by atoms with Crippen LogP contribution in [0.25, 0.3) is 5.57 Å². The minimum atomic E-state index is -0.349. The third-order valence-corrected chi connectivity index (χ3v) is 5.88. The van der Waals surface area contributed by atoms with Crippen molar-refractivity contribution in [1.82, 2.24) is 0 Å². The molecule has 3 aromatic rings. The van der Waals surface area contributed by atoms with Crippen LogP contribution in [0.15, 0.2) is 88.7 Å². The number of benzene rings is 3. The molecule has 0 aromatic heterocycles. The zero-order valence-electron chi connectivity index (χ0n) is 17.2. The molecular formula is C25H21NO4S. The molecule has 0 aliphatic carbocycles. The second kappa shape index (κ2) is 9.10. The molecule has 6 heteroatoms. The van der Waals surface area contributed by atoms with E-state index in [1.54, 1.807) is 55.6 Å². The molecule has 0 saturated heterocycles. The summed E-state index contributed by atoms with van der Waals surface area (Å²) in [4.78, 5) is 29.4. The predicted molar refractivity (Wildman–Crippen MR) is 122 cm³/mol. The van der Waals surface area contributed by atoms with E-state index in [2.05, 4.69) is 0 Å². The number of carbonyl (C=O) groups excluding carboxylic acids is 2. The number of hydrogen-bond donors (Lipinski definition) is 0. The van der Waals surface area contributed by atoms with Gasteiger partial charge in [0.25, 0.3) is 11.8 Å². The van der Waals surface area contributed by atoms with Gasteiger partial charge in [0.05, 0.1) is 29.9 Å². The predicted octanol–water partition coefficient (Wildman–Crippen LogP) is 5.17. The Morgan fingerprint density at radius 3 is 2.06 bits per heavy atom. The molecule has 0 saturated carbocycles. The zero-order valence-corrected chi connectivity index (χ0v) is 18.0. The van der Waals surface area contributed by atoms with Gasteiger partial charge in [-0.3, -0.25) is 9.59 Å². The van der Waals surface area contributed by atoms with Crippen LogP contribution in [-0.4, -0.2) is 25.5 Å². The Hall–Kier alpha value is -3.51. The molecule has 0 atom stereocenters. The molecule has 0 fully saturated rings. The van der Waals surface area contributed by atoms with Gasteiger partial charge in [-0.05, 0) is 61.0 Å². The standard InChI is InChI=1S/C25H21NO4S/c1-3-30-20-15-11-18(12-16-20)26-24(27)22(17-9-13-19(29-2)14-10-17)23(25(26)28)31-21-7-5-4-6-8-21/h4-16H,3H2,1-2H3. The fourth-order valence-electron chi connectivity index (χ4n) is 3.32. The highest BCUT2D eigenvalue weighted by Crippen LogP contribution is 2.41. The fraction of sp³-hybridized carbons (Fsp3) is 0.120. The van der Waals surface area contributed by atoms with E-state index in [0.717, 1.165) is 4.90 Å². The molecule has 5 nitrogen and oxygen atoms in total. The average molecular weight is 432 g/mol. The number of amides is 2. The van der Waals surface area contributed by atoms with Crippen molar-refractivity contribution in [2.75, 3.05) is 18.6 Å². The summed E-state index contributed by atoms with van der Waals surface area (Å²) < 4.78 is 10.7. The molecule has 1 aliphatic heterocycles. The Labute approximate surface area is 185 Å². The van der Waals surface area contributed by atoms with Gasteiger partial charge in [0.15, 0.2) is 0 Å². The van der Waals surface area contributed by atoms with Crippen molar-refractivity contribution in [3.8, 4) is 11.5 Å². The van der Waals surface area contributed by atoms with Gasteiger partial charge in [0.2, 0.25) is 0 Å². The first kappa shape index (κ1) is 20.8. The van der Waals surface area contributed by atoms with Crippen molar-refractivity contribution in [3.63, 3.8) is 0 Å². The minimum absolute atomic E-state index is 0.339. The van der Waals surface area contributed by atoms with Gasteiger partial charge in [0, 0.05) is 4.90 Å². The third kappa shape index (κ3) is 4.20. The Balaban J connectivity index is 1.75. The summed E-state index contributed by atoms with van der Waals surface area (Å²) in [6, 6.07) is 23.7. The molecule has 1 heterocycles. The first-order valence-electron chi connectivity index (χ1n) is 9.85. The number of nitrogens with zero attached hydrogens (tertiary/aromatic N) is 1. The molecule has 0 unspecified atom stereocenters. The maximum absolute atomic E-state index is 13.5. The van der Waals surface area contributed by atoms with Gasteiger partial charge in [-0.2, -0.15) is 0 Å².